The second kappa shape index (κ2) is 4.85. The SMILES string of the molecule is Cc1ccnc(CNC(=O)c2cncs2)c1. The Balaban J connectivity index is 1.95. The highest BCUT2D eigenvalue weighted by atomic mass is 32.1. The molecule has 0 aliphatic carbocycles. The zero-order valence-corrected chi connectivity index (χ0v) is 9.62. The maximum absolute atomic E-state index is 11.6. The van der Waals surface area contributed by atoms with Crippen molar-refractivity contribution in [2.24, 2.45) is 0 Å². The maximum Gasteiger partial charge on any atom is 0.263 e. The van der Waals surface area contributed by atoms with E-state index in [0.29, 0.717) is 11.4 Å². The fourth-order valence-electron chi connectivity index (χ4n) is 1.28. The van der Waals surface area contributed by atoms with E-state index in [1.54, 1.807) is 17.9 Å². The number of nitrogens with one attached hydrogen (secondary N) is 1. The van der Waals surface area contributed by atoms with Gasteiger partial charge in [-0.05, 0) is 24.6 Å². The number of carbonyl (C=O) groups is 1. The Morgan fingerprint density at radius 1 is 1.56 bits per heavy atom. The molecular formula is C11H11N3OS. The molecule has 16 heavy (non-hydrogen) atoms. The second-order valence-electron chi connectivity index (χ2n) is 3.37. The van der Waals surface area contributed by atoms with E-state index >= 15 is 0 Å². The van der Waals surface area contributed by atoms with Crippen LogP contribution in [-0.4, -0.2) is 15.9 Å². The number of aromatic nitrogens is 2. The lowest BCUT2D eigenvalue weighted by molar-refractivity contribution is 0.0954. The molecule has 4 nitrogen and oxygen atoms in total. The van der Waals surface area contributed by atoms with Gasteiger partial charge < -0.3 is 5.32 Å². The van der Waals surface area contributed by atoms with Crippen molar-refractivity contribution in [1.82, 2.24) is 15.3 Å². The second-order valence-corrected chi connectivity index (χ2v) is 4.26. The number of hydrogen-bond acceptors (Lipinski definition) is 4. The van der Waals surface area contributed by atoms with Crippen LogP contribution in [0.4, 0.5) is 0 Å². The van der Waals surface area contributed by atoms with Gasteiger partial charge in [0.05, 0.1) is 23.9 Å². The molecule has 0 bridgehead atoms. The van der Waals surface area contributed by atoms with Gasteiger partial charge in [-0.2, -0.15) is 0 Å². The van der Waals surface area contributed by atoms with Gasteiger partial charge in [-0.3, -0.25) is 14.8 Å². The van der Waals surface area contributed by atoms with E-state index in [0.717, 1.165) is 11.3 Å². The average Bonchev–Trinajstić information content (AvgIpc) is 2.79. The Morgan fingerprint density at radius 2 is 2.44 bits per heavy atom. The number of pyridine rings is 1. The summed E-state index contributed by atoms with van der Waals surface area (Å²) >= 11 is 1.33. The quantitative estimate of drug-likeness (QED) is 0.879. The predicted molar refractivity (Wildman–Crippen MR) is 62.3 cm³/mol. The van der Waals surface area contributed by atoms with E-state index < -0.39 is 0 Å². The molecule has 2 aromatic heterocycles. The Labute approximate surface area is 97.4 Å². The predicted octanol–water partition coefficient (Wildman–Crippen LogP) is 1.78. The number of aryl methyl sites for hydroxylation is 1. The van der Waals surface area contributed by atoms with E-state index in [9.17, 15) is 4.79 Å². The molecule has 2 heterocycles. The van der Waals surface area contributed by atoms with Crippen molar-refractivity contribution < 1.29 is 4.79 Å². The summed E-state index contributed by atoms with van der Waals surface area (Å²) in [6.45, 7) is 2.44. The summed E-state index contributed by atoms with van der Waals surface area (Å²) in [5, 5.41) is 2.80. The Morgan fingerprint density at radius 3 is 3.12 bits per heavy atom. The van der Waals surface area contributed by atoms with Crippen LogP contribution >= 0.6 is 11.3 Å². The zero-order chi connectivity index (χ0) is 11.4. The molecule has 82 valence electrons. The van der Waals surface area contributed by atoms with Crippen LogP contribution in [0.2, 0.25) is 0 Å². The van der Waals surface area contributed by atoms with Crippen LogP contribution < -0.4 is 5.32 Å². The molecule has 5 heteroatoms. The van der Waals surface area contributed by atoms with Gasteiger partial charge >= 0.3 is 0 Å². The number of carbonyl (C=O) groups excluding carboxylic acids is 1. The van der Waals surface area contributed by atoms with Crippen LogP contribution in [0.1, 0.15) is 20.9 Å². The summed E-state index contributed by atoms with van der Waals surface area (Å²) in [5.74, 6) is -0.106. The highest BCUT2D eigenvalue weighted by Crippen LogP contribution is 2.05. The molecule has 0 aromatic carbocycles. The van der Waals surface area contributed by atoms with E-state index in [-0.39, 0.29) is 5.91 Å². The van der Waals surface area contributed by atoms with Gasteiger partial charge in [0.1, 0.15) is 4.88 Å². The number of amides is 1. The standard InChI is InChI=1S/C11H11N3OS/c1-8-2-3-13-9(4-8)5-14-11(15)10-6-12-7-16-10/h2-4,6-7H,5H2,1H3,(H,14,15). The lowest BCUT2D eigenvalue weighted by atomic mass is 10.2. The minimum atomic E-state index is -0.106. The van der Waals surface area contributed by atoms with Crippen LogP contribution in [0.15, 0.2) is 30.0 Å². The first-order chi connectivity index (χ1) is 7.75. The van der Waals surface area contributed by atoms with Crippen LogP contribution in [0.5, 0.6) is 0 Å². The Kier molecular flexibility index (Phi) is 3.26. The van der Waals surface area contributed by atoms with Crippen LogP contribution in [0, 0.1) is 6.92 Å². The first-order valence-corrected chi connectivity index (χ1v) is 5.72. The first-order valence-electron chi connectivity index (χ1n) is 4.84. The molecule has 0 unspecified atom stereocenters. The largest absolute Gasteiger partial charge is 0.346 e. The van der Waals surface area contributed by atoms with E-state index in [1.165, 1.54) is 11.3 Å². The smallest absolute Gasteiger partial charge is 0.263 e. The van der Waals surface area contributed by atoms with Crippen molar-refractivity contribution in [2.75, 3.05) is 0 Å². The third kappa shape index (κ3) is 2.64. The van der Waals surface area contributed by atoms with Gasteiger partial charge in [-0.15, -0.1) is 11.3 Å². The van der Waals surface area contributed by atoms with Crippen LogP contribution in [-0.2, 0) is 6.54 Å². The van der Waals surface area contributed by atoms with Crippen molar-refractivity contribution >= 4 is 17.2 Å². The molecule has 1 N–H and O–H groups in total. The number of nitrogens with zero attached hydrogens (tertiary/aromatic N) is 2. The summed E-state index contributed by atoms with van der Waals surface area (Å²) in [5.41, 5.74) is 3.63. The van der Waals surface area contributed by atoms with Crippen LogP contribution in [0.3, 0.4) is 0 Å². The highest BCUT2D eigenvalue weighted by molar-refractivity contribution is 7.11. The van der Waals surface area contributed by atoms with E-state index in [4.69, 9.17) is 0 Å². The fraction of sp³-hybridized carbons (Fsp3) is 0.182. The molecule has 0 radical (unpaired) electrons. The normalized spacial score (nSPS) is 10.1. The van der Waals surface area contributed by atoms with Crippen molar-refractivity contribution in [3.05, 3.63) is 46.2 Å². The molecular weight excluding hydrogens is 222 g/mol. The molecule has 0 atom stereocenters. The third-order valence-corrected chi connectivity index (χ3v) is 2.83. The summed E-state index contributed by atoms with van der Waals surface area (Å²) < 4.78 is 0. The van der Waals surface area contributed by atoms with Gasteiger partial charge in [0.2, 0.25) is 0 Å². The lowest BCUT2D eigenvalue weighted by Crippen LogP contribution is -2.22. The van der Waals surface area contributed by atoms with Crippen LogP contribution in [0.25, 0.3) is 0 Å². The van der Waals surface area contributed by atoms with Gasteiger partial charge in [0.15, 0.2) is 0 Å². The van der Waals surface area contributed by atoms with Crippen molar-refractivity contribution in [2.45, 2.75) is 13.5 Å². The number of rotatable bonds is 3. The Bertz CT molecular complexity index is 482. The molecule has 2 rings (SSSR count). The minimum absolute atomic E-state index is 0.106. The summed E-state index contributed by atoms with van der Waals surface area (Å²) in [7, 11) is 0. The van der Waals surface area contributed by atoms with E-state index in [2.05, 4.69) is 15.3 Å². The van der Waals surface area contributed by atoms with Gasteiger partial charge in [0, 0.05) is 6.20 Å². The Hall–Kier alpha value is -1.75. The molecule has 0 spiro atoms. The summed E-state index contributed by atoms with van der Waals surface area (Å²) in [4.78, 5) is 20.2. The zero-order valence-electron chi connectivity index (χ0n) is 8.80. The number of hydrogen-bond donors (Lipinski definition) is 1. The average molecular weight is 233 g/mol. The minimum Gasteiger partial charge on any atom is -0.346 e. The fourth-order valence-corrected chi connectivity index (χ4v) is 1.82. The lowest BCUT2D eigenvalue weighted by Gasteiger charge is -2.03. The summed E-state index contributed by atoms with van der Waals surface area (Å²) in [6.07, 6.45) is 3.30. The summed E-state index contributed by atoms with van der Waals surface area (Å²) in [6, 6.07) is 3.88. The van der Waals surface area contributed by atoms with Gasteiger partial charge in [0.25, 0.3) is 5.91 Å². The van der Waals surface area contributed by atoms with E-state index in [1.807, 2.05) is 19.1 Å². The van der Waals surface area contributed by atoms with Crippen molar-refractivity contribution in [3.63, 3.8) is 0 Å². The third-order valence-electron chi connectivity index (χ3n) is 2.06. The highest BCUT2D eigenvalue weighted by Gasteiger charge is 2.06. The topological polar surface area (TPSA) is 54.9 Å². The van der Waals surface area contributed by atoms with Gasteiger partial charge in [-0.25, -0.2) is 0 Å². The molecule has 0 saturated carbocycles. The maximum atomic E-state index is 11.6. The molecule has 0 aliphatic heterocycles. The number of thiazole rings is 1. The van der Waals surface area contributed by atoms with Gasteiger partial charge in [-0.1, -0.05) is 0 Å². The molecule has 2 aromatic rings. The molecule has 0 aliphatic rings. The van der Waals surface area contributed by atoms with Crippen molar-refractivity contribution in [3.8, 4) is 0 Å². The molecule has 0 saturated heterocycles. The van der Waals surface area contributed by atoms with Crippen molar-refractivity contribution in [1.29, 1.82) is 0 Å². The first kappa shape index (κ1) is 10.8. The molecule has 1 amide bonds. The molecule has 0 fully saturated rings. The monoisotopic (exact) mass is 233 g/mol.